The Hall–Kier alpha value is -3.20. The van der Waals surface area contributed by atoms with E-state index in [1.54, 1.807) is 6.20 Å². The molecule has 0 unspecified atom stereocenters. The Balaban J connectivity index is 1.91. The summed E-state index contributed by atoms with van der Waals surface area (Å²) < 4.78 is 2.05. The van der Waals surface area contributed by atoms with Gasteiger partial charge < -0.3 is 4.57 Å². The topological polar surface area (TPSA) is 30.7 Å². The third kappa shape index (κ3) is 3.04. The summed E-state index contributed by atoms with van der Waals surface area (Å²) in [4.78, 5) is 8.82. The molecule has 0 aliphatic rings. The second kappa shape index (κ2) is 6.96. The molecule has 0 aliphatic carbocycles. The maximum absolute atomic E-state index is 4.67. The van der Waals surface area contributed by atoms with Gasteiger partial charge in [-0.3, -0.25) is 4.98 Å². The first kappa shape index (κ1) is 16.3. The fourth-order valence-corrected chi connectivity index (χ4v) is 3.38. The molecule has 0 atom stereocenters. The van der Waals surface area contributed by atoms with E-state index in [2.05, 4.69) is 76.9 Å². The van der Waals surface area contributed by atoms with E-state index < -0.39 is 0 Å². The van der Waals surface area contributed by atoms with Crippen LogP contribution in [0.25, 0.3) is 22.3 Å². The van der Waals surface area contributed by atoms with Crippen molar-refractivity contribution in [1.29, 1.82) is 0 Å². The monoisotopic (exact) mass is 339 g/mol. The Morgan fingerprint density at radius 2 is 1.69 bits per heavy atom. The molecule has 0 spiro atoms. The summed E-state index contributed by atoms with van der Waals surface area (Å²) in [6.07, 6.45) is 7.46. The molecular weight excluding hydrogens is 318 g/mol. The number of nitrogens with zero attached hydrogens (tertiary/aromatic N) is 3. The molecule has 2 heterocycles. The first-order valence-electron chi connectivity index (χ1n) is 8.79. The Bertz CT molecular complexity index is 1020. The Kier molecular flexibility index (Phi) is 4.36. The summed E-state index contributed by atoms with van der Waals surface area (Å²) in [5, 5.41) is 0. The molecule has 0 N–H and O–H groups in total. The predicted molar refractivity (Wildman–Crippen MR) is 106 cm³/mol. The van der Waals surface area contributed by atoms with E-state index in [1.807, 2.05) is 24.8 Å². The van der Waals surface area contributed by atoms with Gasteiger partial charge in [0.25, 0.3) is 0 Å². The molecule has 0 saturated carbocycles. The lowest BCUT2D eigenvalue weighted by atomic mass is 9.88. The van der Waals surface area contributed by atoms with Crippen molar-refractivity contribution < 1.29 is 0 Å². The number of aryl methyl sites for hydroxylation is 1. The predicted octanol–water partition coefficient (Wildman–Crippen LogP) is 5.28. The lowest BCUT2D eigenvalue weighted by Gasteiger charge is -2.18. The smallest absolute Gasteiger partial charge is 0.0949 e. The second-order valence-electron chi connectivity index (χ2n) is 6.53. The highest BCUT2D eigenvalue weighted by atomic mass is 15.0. The van der Waals surface area contributed by atoms with Gasteiger partial charge in [-0.15, -0.1) is 0 Å². The fraction of sp³-hybridized carbons (Fsp3) is 0.130. The van der Waals surface area contributed by atoms with Crippen molar-refractivity contribution in [3.63, 3.8) is 0 Å². The van der Waals surface area contributed by atoms with Crippen molar-refractivity contribution in [3.8, 4) is 22.3 Å². The summed E-state index contributed by atoms with van der Waals surface area (Å²) in [5.41, 5.74) is 8.57. The fourth-order valence-electron chi connectivity index (χ4n) is 3.38. The highest BCUT2D eigenvalue weighted by Crippen LogP contribution is 2.37. The molecule has 3 heteroatoms. The largest absolute Gasteiger partial charge is 0.331 e. The molecule has 0 aliphatic heterocycles. The summed E-state index contributed by atoms with van der Waals surface area (Å²) >= 11 is 0. The minimum Gasteiger partial charge on any atom is -0.331 e. The molecule has 2 aromatic carbocycles. The maximum atomic E-state index is 4.67. The van der Waals surface area contributed by atoms with Crippen LogP contribution in [0.3, 0.4) is 0 Å². The van der Waals surface area contributed by atoms with Crippen LogP contribution >= 0.6 is 0 Å². The lowest BCUT2D eigenvalue weighted by Crippen LogP contribution is -2.03. The van der Waals surface area contributed by atoms with Gasteiger partial charge in [0, 0.05) is 24.2 Å². The zero-order valence-electron chi connectivity index (χ0n) is 15.1. The van der Waals surface area contributed by atoms with Crippen LogP contribution in [0.15, 0.2) is 79.5 Å². The molecule has 2 aromatic heterocycles. The van der Waals surface area contributed by atoms with Gasteiger partial charge in [0.05, 0.1) is 18.6 Å². The van der Waals surface area contributed by atoms with Crippen LogP contribution in [0.5, 0.6) is 0 Å². The van der Waals surface area contributed by atoms with E-state index in [0.29, 0.717) is 6.54 Å². The normalized spacial score (nSPS) is 10.8. The van der Waals surface area contributed by atoms with E-state index in [9.17, 15) is 0 Å². The molecule has 26 heavy (non-hydrogen) atoms. The van der Waals surface area contributed by atoms with Crippen molar-refractivity contribution in [2.75, 3.05) is 0 Å². The average molecular weight is 339 g/mol. The van der Waals surface area contributed by atoms with Gasteiger partial charge in [0.2, 0.25) is 0 Å². The number of pyridine rings is 1. The molecular formula is C23H21N3. The molecule has 0 fully saturated rings. The van der Waals surface area contributed by atoms with Gasteiger partial charge in [-0.2, -0.15) is 0 Å². The summed E-state index contributed by atoms with van der Waals surface area (Å²) in [6.45, 7) is 5.07. The first-order valence-corrected chi connectivity index (χ1v) is 8.79. The van der Waals surface area contributed by atoms with Gasteiger partial charge in [-0.1, -0.05) is 48.5 Å². The SMILES string of the molecule is Cc1ccc(-c2cccnc2Cn2ccnc2)c(-c2ccccc2)c1C. The zero-order valence-corrected chi connectivity index (χ0v) is 15.1. The molecule has 0 amide bonds. The Morgan fingerprint density at radius 1 is 0.846 bits per heavy atom. The number of hydrogen-bond acceptors (Lipinski definition) is 2. The quantitative estimate of drug-likeness (QED) is 0.506. The molecule has 3 nitrogen and oxygen atoms in total. The van der Waals surface area contributed by atoms with E-state index in [-0.39, 0.29) is 0 Å². The minimum atomic E-state index is 0.706. The summed E-state index contributed by atoms with van der Waals surface area (Å²) in [5.74, 6) is 0. The lowest BCUT2D eigenvalue weighted by molar-refractivity contribution is 0.775. The van der Waals surface area contributed by atoms with E-state index >= 15 is 0 Å². The summed E-state index contributed by atoms with van der Waals surface area (Å²) in [6, 6.07) is 19.2. The zero-order chi connectivity index (χ0) is 17.9. The highest BCUT2D eigenvalue weighted by Gasteiger charge is 2.15. The van der Waals surface area contributed by atoms with Crippen LogP contribution in [-0.4, -0.2) is 14.5 Å². The van der Waals surface area contributed by atoms with Crippen molar-refractivity contribution in [2.45, 2.75) is 20.4 Å². The first-order chi connectivity index (χ1) is 12.7. The van der Waals surface area contributed by atoms with E-state index in [0.717, 1.165) is 5.69 Å². The third-order valence-corrected chi connectivity index (χ3v) is 4.87. The van der Waals surface area contributed by atoms with Gasteiger partial charge in [0.15, 0.2) is 0 Å². The number of aromatic nitrogens is 3. The van der Waals surface area contributed by atoms with E-state index in [1.165, 1.54) is 33.4 Å². The highest BCUT2D eigenvalue weighted by molar-refractivity contribution is 5.87. The molecule has 4 rings (SSSR count). The van der Waals surface area contributed by atoms with Crippen molar-refractivity contribution in [2.24, 2.45) is 0 Å². The molecule has 0 bridgehead atoms. The number of imidazole rings is 1. The third-order valence-electron chi connectivity index (χ3n) is 4.87. The van der Waals surface area contributed by atoms with Crippen molar-refractivity contribution in [1.82, 2.24) is 14.5 Å². The van der Waals surface area contributed by atoms with Gasteiger partial charge in [0.1, 0.15) is 0 Å². The molecule has 0 saturated heterocycles. The molecule has 0 radical (unpaired) electrons. The second-order valence-corrected chi connectivity index (χ2v) is 6.53. The van der Waals surface area contributed by atoms with Crippen LogP contribution in [0.1, 0.15) is 16.8 Å². The Labute approximate surface area is 154 Å². The van der Waals surface area contributed by atoms with E-state index in [4.69, 9.17) is 0 Å². The number of hydrogen-bond donors (Lipinski definition) is 0. The standard InChI is InChI=1S/C23H21N3/c1-17-10-11-21(23(18(17)2)19-7-4-3-5-8-19)20-9-6-12-25-22(20)15-26-14-13-24-16-26/h3-14,16H,15H2,1-2H3. The van der Waals surface area contributed by atoms with Crippen molar-refractivity contribution >= 4 is 0 Å². The van der Waals surface area contributed by atoms with Crippen LogP contribution in [0.2, 0.25) is 0 Å². The summed E-state index contributed by atoms with van der Waals surface area (Å²) in [7, 11) is 0. The Morgan fingerprint density at radius 3 is 2.46 bits per heavy atom. The molecule has 4 aromatic rings. The minimum absolute atomic E-state index is 0.706. The van der Waals surface area contributed by atoms with Crippen molar-refractivity contribution in [3.05, 3.63) is 96.3 Å². The number of rotatable bonds is 4. The van der Waals surface area contributed by atoms with Crippen LogP contribution in [-0.2, 0) is 6.54 Å². The molecule has 128 valence electrons. The van der Waals surface area contributed by atoms with Crippen LogP contribution in [0, 0.1) is 13.8 Å². The van der Waals surface area contributed by atoms with Gasteiger partial charge in [-0.05, 0) is 47.7 Å². The van der Waals surface area contributed by atoms with Crippen LogP contribution in [0.4, 0.5) is 0 Å². The maximum Gasteiger partial charge on any atom is 0.0949 e. The average Bonchev–Trinajstić information content (AvgIpc) is 3.18. The van der Waals surface area contributed by atoms with Crippen LogP contribution < -0.4 is 0 Å². The number of benzene rings is 2. The van der Waals surface area contributed by atoms with Gasteiger partial charge >= 0.3 is 0 Å². The van der Waals surface area contributed by atoms with Gasteiger partial charge in [-0.25, -0.2) is 4.98 Å².